The van der Waals surface area contributed by atoms with Crippen LogP contribution in [0.3, 0.4) is 0 Å². The lowest BCUT2D eigenvalue weighted by Crippen LogP contribution is -2.27. The highest BCUT2D eigenvalue weighted by molar-refractivity contribution is 7.80. The van der Waals surface area contributed by atoms with E-state index >= 15 is 0 Å². The van der Waals surface area contributed by atoms with Gasteiger partial charge in [-0.15, -0.1) is 0 Å². The van der Waals surface area contributed by atoms with Crippen LogP contribution in [0.1, 0.15) is 13.8 Å². The van der Waals surface area contributed by atoms with Gasteiger partial charge in [0.15, 0.2) is 0 Å². The van der Waals surface area contributed by atoms with Crippen molar-refractivity contribution in [2.75, 3.05) is 19.3 Å². The van der Waals surface area contributed by atoms with Gasteiger partial charge in [-0.1, -0.05) is 13.8 Å². The molecule has 0 aromatic carbocycles. The molecule has 0 rings (SSSR count). The second-order valence-electron chi connectivity index (χ2n) is 2.85. The molecule has 0 saturated heterocycles. The highest BCUT2D eigenvalue weighted by atomic mass is 32.1. The van der Waals surface area contributed by atoms with Crippen LogP contribution < -0.4 is 5.32 Å². The lowest BCUT2D eigenvalue weighted by atomic mass is 9.97. The predicted molar refractivity (Wildman–Crippen MR) is 41.6 cm³/mol. The minimum atomic E-state index is 0.345. The minimum Gasteiger partial charge on any atom is -0.319 e. The van der Waals surface area contributed by atoms with Gasteiger partial charge >= 0.3 is 0 Å². The highest BCUT2D eigenvalue weighted by Crippen LogP contribution is 2.13. The summed E-state index contributed by atoms with van der Waals surface area (Å²) in [4.78, 5) is 0. The molecule has 1 N–H and O–H groups in total. The molecule has 1 nitrogen and oxygen atoms in total. The van der Waals surface area contributed by atoms with Crippen molar-refractivity contribution in [1.29, 1.82) is 0 Å². The average molecular weight is 133 g/mol. The van der Waals surface area contributed by atoms with E-state index in [1.165, 1.54) is 0 Å². The molecule has 0 unspecified atom stereocenters. The molecule has 0 heterocycles. The maximum atomic E-state index is 4.20. The standard InChI is InChI=1S/C6H15NS/c1-6(2,5-8)4-7-3/h7-8H,4-5H2,1-3H3. The molecule has 0 aliphatic rings. The third kappa shape index (κ3) is 3.33. The first-order valence-electron chi connectivity index (χ1n) is 2.88. The maximum absolute atomic E-state index is 4.20. The largest absolute Gasteiger partial charge is 0.319 e. The van der Waals surface area contributed by atoms with Crippen molar-refractivity contribution in [1.82, 2.24) is 5.32 Å². The average Bonchev–Trinajstić information content (AvgIpc) is 1.67. The molecule has 0 bridgehead atoms. The Bertz CT molecular complexity index is 61.5. The third-order valence-corrected chi connectivity index (χ3v) is 1.94. The van der Waals surface area contributed by atoms with Crippen LogP contribution in [-0.2, 0) is 0 Å². The van der Waals surface area contributed by atoms with E-state index in [-0.39, 0.29) is 0 Å². The summed E-state index contributed by atoms with van der Waals surface area (Å²) < 4.78 is 0. The second kappa shape index (κ2) is 3.36. The molecule has 50 valence electrons. The van der Waals surface area contributed by atoms with Crippen LogP contribution in [-0.4, -0.2) is 19.3 Å². The van der Waals surface area contributed by atoms with Gasteiger partial charge in [-0.2, -0.15) is 12.6 Å². The molecule has 0 aliphatic carbocycles. The van der Waals surface area contributed by atoms with Crippen LogP contribution in [0, 0.1) is 5.41 Å². The van der Waals surface area contributed by atoms with Gasteiger partial charge < -0.3 is 5.32 Å². The van der Waals surface area contributed by atoms with Crippen molar-refractivity contribution < 1.29 is 0 Å². The van der Waals surface area contributed by atoms with Crippen molar-refractivity contribution in [2.45, 2.75) is 13.8 Å². The van der Waals surface area contributed by atoms with Gasteiger partial charge in [0.05, 0.1) is 0 Å². The molecule has 0 spiro atoms. The first-order chi connectivity index (χ1) is 3.62. The van der Waals surface area contributed by atoms with E-state index in [9.17, 15) is 0 Å². The quantitative estimate of drug-likeness (QED) is 0.551. The van der Waals surface area contributed by atoms with Crippen molar-refractivity contribution in [3.05, 3.63) is 0 Å². The number of hydrogen-bond donors (Lipinski definition) is 2. The molecule has 8 heavy (non-hydrogen) atoms. The zero-order valence-electron chi connectivity index (χ0n) is 5.86. The summed E-state index contributed by atoms with van der Waals surface area (Å²) in [5.41, 5.74) is 0.345. The molecule has 0 radical (unpaired) electrons. The summed E-state index contributed by atoms with van der Waals surface area (Å²) >= 11 is 4.20. The molecule has 2 heteroatoms. The van der Waals surface area contributed by atoms with Crippen LogP contribution >= 0.6 is 12.6 Å². The van der Waals surface area contributed by atoms with Crippen LogP contribution in [0.2, 0.25) is 0 Å². The Morgan fingerprint density at radius 3 is 2.12 bits per heavy atom. The summed E-state index contributed by atoms with van der Waals surface area (Å²) in [6, 6.07) is 0. The molecule has 0 atom stereocenters. The van der Waals surface area contributed by atoms with E-state index in [0.29, 0.717) is 5.41 Å². The zero-order chi connectivity index (χ0) is 6.62. The highest BCUT2D eigenvalue weighted by Gasteiger charge is 2.12. The summed E-state index contributed by atoms with van der Waals surface area (Å²) in [7, 11) is 1.96. The molecule has 0 aromatic heterocycles. The molecule has 0 aromatic rings. The van der Waals surface area contributed by atoms with E-state index in [1.807, 2.05) is 7.05 Å². The Morgan fingerprint density at radius 1 is 1.50 bits per heavy atom. The van der Waals surface area contributed by atoms with Gasteiger partial charge in [0.25, 0.3) is 0 Å². The summed E-state index contributed by atoms with van der Waals surface area (Å²) in [6.45, 7) is 5.42. The monoisotopic (exact) mass is 133 g/mol. The topological polar surface area (TPSA) is 12.0 Å². The molecule has 0 aliphatic heterocycles. The SMILES string of the molecule is CNCC(C)(C)CS. The van der Waals surface area contributed by atoms with Gasteiger partial charge in [0, 0.05) is 6.54 Å². The van der Waals surface area contributed by atoms with Crippen LogP contribution in [0.25, 0.3) is 0 Å². The van der Waals surface area contributed by atoms with Crippen molar-refractivity contribution in [3.8, 4) is 0 Å². The molecule has 0 saturated carbocycles. The van der Waals surface area contributed by atoms with Crippen molar-refractivity contribution >= 4 is 12.6 Å². The number of thiol groups is 1. The molecular weight excluding hydrogens is 118 g/mol. The Morgan fingerprint density at radius 2 is 2.00 bits per heavy atom. The van der Waals surface area contributed by atoms with Crippen molar-refractivity contribution in [3.63, 3.8) is 0 Å². The molecule has 0 amide bonds. The Hall–Kier alpha value is 0.310. The van der Waals surface area contributed by atoms with Crippen LogP contribution in [0.15, 0.2) is 0 Å². The smallest absolute Gasteiger partial charge is 0.000732 e. The van der Waals surface area contributed by atoms with E-state index in [1.54, 1.807) is 0 Å². The van der Waals surface area contributed by atoms with Crippen LogP contribution in [0.4, 0.5) is 0 Å². The fraction of sp³-hybridized carbons (Fsp3) is 1.00. The predicted octanol–water partition coefficient (Wildman–Crippen LogP) is 1.16. The van der Waals surface area contributed by atoms with Crippen LogP contribution in [0.5, 0.6) is 0 Å². The third-order valence-electron chi connectivity index (χ3n) is 1.08. The maximum Gasteiger partial charge on any atom is 0.000732 e. The molecular formula is C6H15NS. The number of rotatable bonds is 3. The van der Waals surface area contributed by atoms with E-state index in [2.05, 4.69) is 31.8 Å². The normalized spacial score (nSPS) is 12.0. The van der Waals surface area contributed by atoms with Gasteiger partial charge in [-0.3, -0.25) is 0 Å². The van der Waals surface area contributed by atoms with E-state index < -0.39 is 0 Å². The lowest BCUT2D eigenvalue weighted by Gasteiger charge is -2.20. The fourth-order valence-electron chi connectivity index (χ4n) is 0.534. The number of nitrogens with one attached hydrogen (secondary N) is 1. The first kappa shape index (κ1) is 8.31. The van der Waals surface area contributed by atoms with E-state index in [0.717, 1.165) is 12.3 Å². The first-order valence-corrected chi connectivity index (χ1v) is 3.51. The Labute approximate surface area is 57.3 Å². The summed E-state index contributed by atoms with van der Waals surface area (Å²) in [6.07, 6.45) is 0. The van der Waals surface area contributed by atoms with E-state index in [4.69, 9.17) is 0 Å². The van der Waals surface area contributed by atoms with Gasteiger partial charge in [-0.05, 0) is 18.2 Å². The Kier molecular flexibility index (Phi) is 3.49. The minimum absolute atomic E-state index is 0.345. The van der Waals surface area contributed by atoms with Gasteiger partial charge in [0.1, 0.15) is 0 Å². The fourth-order valence-corrected chi connectivity index (χ4v) is 0.646. The van der Waals surface area contributed by atoms with Gasteiger partial charge in [-0.25, -0.2) is 0 Å². The lowest BCUT2D eigenvalue weighted by molar-refractivity contribution is 0.406. The zero-order valence-corrected chi connectivity index (χ0v) is 6.76. The Balaban J connectivity index is 3.37. The second-order valence-corrected chi connectivity index (χ2v) is 3.17. The summed E-state index contributed by atoms with van der Waals surface area (Å²) in [5, 5.41) is 3.11. The summed E-state index contributed by atoms with van der Waals surface area (Å²) in [5.74, 6) is 0.938. The van der Waals surface area contributed by atoms with Gasteiger partial charge in [0.2, 0.25) is 0 Å². The molecule has 0 fully saturated rings. The van der Waals surface area contributed by atoms with Crippen molar-refractivity contribution in [2.24, 2.45) is 5.41 Å². The number of hydrogen-bond acceptors (Lipinski definition) is 2.